The number of nitrogens with one attached hydrogen (secondary N) is 1. The fourth-order valence-electron chi connectivity index (χ4n) is 2.33. The van der Waals surface area contributed by atoms with Crippen molar-refractivity contribution in [3.63, 3.8) is 0 Å². The van der Waals surface area contributed by atoms with E-state index in [1.54, 1.807) is 12.1 Å². The van der Waals surface area contributed by atoms with Crippen LogP contribution in [-0.4, -0.2) is 46.5 Å². The molecule has 0 amide bonds. The van der Waals surface area contributed by atoms with Gasteiger partial charge in [-0.05, 0) is 37.7 Å². The summed E-state index contributed by atoms with van der Waals surface area (Å²) in [6.45, 7) is 2.35. The molecule has 0 aliphatic carbocycles. The van der Waals surface area contributed by atoms with Crippen LogP contribution in [0.25, 0.3) is 0 Å². The number of carbonyl (C=O) groups excluding carboxylic acids is 1. The summed E-state index contributed by atoms with van der Waals surface area (Å²) in [4.78, 5) is 35.1. The lowest BCUT2D eigenvalue weighted by molar-refractivity contribution is -0.134. The largest absolute Gasteiger partial charge is 0.478 e. The number of Topliss-reactive ketones (excluding diaryl/α,β-unsaturated/α-hetero) is 1. The number of hydrogen-bond donors (Lipinski definition) is 3. The molecule has 1 heterocycles. The van der Waals surface area contributed by atoms with E-state index in [0.717, 1.165) is 13.0 Å². The maximum Gasteiger partial charge on any atom is 0.328 e. The van der Waals surface area contributed by atoms with Gasteiger partial charge in [-0.2, -0.15) is 5.26 Å². The summed E-state index contributed by atoms with van der Waals surface area (Å²) in [5.41, 5.74) is 2.09. The van der Waals surface area contributed by atoms with Gasteiger partial charge in [0.25, 0.3) is 0 Å². The molecule has 31 heavy (non-hydrogen) atoms. The van der Waals surface area contributed by atoms with E-state index in [2.05, 4.69) is 28.5 Å². The van der Waals surface area contributed by atoms with Gasteiger partial charge in [-0.1, -0.05) is 42.1 Å². The maximum absolute atomic E-state index is 11.6. The van der Waals surface area contributed by atoms with Crippen LogP contribution < -0.4 is 5.32 Å². The van der Waals surface area contributed by atoms with E-state index in [1.807, 2.05) is 25.2 Å². The lowest BCUT2D eigenvalue weighted by Crippen LogP contribution is -2.11. The van der Waals surface area contributed by atoms with Crippen molar-refractivity contribution < 1.29 is 24.6 Å². The highest BCUT2D eigenvalue weighted by atomic mass is 32.2. The second-order valence-corrected chi connectivity index (χ2v) is 7.33. The van der Waals surface area contributed by atoms with Crippen LogP contribution in [0.4, 0.5) is 0 Å². The molecule has 0 saturated carbocycles. The zero-order valence-corrected chi connectivity index (χ0v) is 17.9. The monoisotopic (exact) mass is 441 g/mol. The van der Waals surface area contributed by atoms with Crippen molar-refractivity contribution in [2.75, 3.05) is 13.6 Å². The average molecular weight is 442 g/mol. The Morgan fingerprint density at radius 3 is 2.23 bits per heavy atom. The van der Waals surface area contributed by atoms with E-state index >= 15 is 0 Å². The van der Waals surface area contributed by atoms with Gasteiger partial charge in [0.05, 0.1) is 5.56 Å². The van der Waals surface area contributed by atoms with Crippen LogP contribution in [0.2, 0.25) is 0 Å². The molecule has 0 aliphatic heterocycles. The van der Waals surface area contributed by atoms with Gasteiger partial charge in [0.15, 0.2) is 5.78 Å². The van der Waals surface area contributed by atoms with Crippen molar-refractivity contribution in [2.24, 2.45) is 0 Å². The van der Waals surface area contributed by atoms with Crippen LogP contribution in [0.15, 0.2) is 59.6 Å². The smallest absolute Gasteiger partial charge is 0.328 e. The van der Waals surface area contributed by atoms with Crippen LogP contribution in [0, 0.1) is 11.3 Å². The van der Waals surface area contributed by atoms with Crippen molar-refractivity contribution in [3.05, 3.63) is 71.4 Å². The van der Waals surface area contributed by atoms with Gasteiger partial charge in [-0.3, -0.25) is 4.79 Å². The Morgan fingerprint density at radius 2 is 1.74 bits per heavy atom. The first kappa shape index (κ1) is 25.6. The fraction of sp³-hybridized carbons (Fsp3) is 0.227. The maximum atomic E-state index is 11.6. The molecule has 2 rings (SSSR count). The Balaban J connectivity index is 0.000000512. The Kier molecular flexibility index (Phi) is 11.3. The summed E-state index contributed by atoms with van der Waals surface area (Å²) < 4.78 is 0. The zero-order valence-electron chi connectivity index (χ0n) is 17.1. The first-order valence-corrected chi connectivity index (χ1v) is 10.1. The summed E-state index contributed by atoms with van der Waals surface area (Å²) in [5, 5.41) is 28.9. The minimum absolute atomic E-state index is 0.0946. The third kappa shape index (κ3) is 9.71. The number of pyridine rings is 1. The molecule has 1 atom stereocenters. The number of hydrogen-bond acceptors (Lipinski definition) is 7. The summed E-state index contributed by atoms with van der Waals surface area (Å²) in [5.74, 6) is -2.61. The summed E-state index contributed by atoms with van der Waals surface area (Å²) in [6, 6.07) is 15.6. The van der Waals surface area contributed by atoms with E-state index < -0.39 is 11.9 Å². The lowest BCUT2D eigenvalue weighted by atomic mass is 10.1. The Labute approximate surface area is 184 Å². The molecule has 2 aromatic rings. The molecule has 0 bridgehead atoms. The second kappa shape index (κ2) is 13.7. The molecule has 0 fully saturated rings. The minimum Gasteiger partial charge on any atom is -0.478 e. The van der Waals surface area contributed by atoms with Gasteiger partial charge in [-0.15, -0.1) is 0 Å². The first-order chi connectivity index (χ1) is 14.8. The highest BCUT2D eigenvalue weighted by Gasteiger charge is 2.17. The Hall–Kier alpha value is -3.48. The number of carbonyl (C=O) groups is 3. The number of benzene rings is 1. The third-order valence-electron chi connectivity index (χ3n) is 3.79. The summed E-state index contributed by atoms with van der Waals surface area (Å²) in [6.07, 6.45) is 2.02. The Bertz CT molecular complexity index is 955. The molecule has 8 nitrogen and oxygen atoms in total. The van der Waals surface area contributed by atoms with Crippen molar-refractivity contribution in [1.82, 2.24) is 10.3 Å². The number of rotatable bonds is 9. The summed E-state index contributed by atoms with van der Waals surface area (Å²) in [7, 11) is 1.92. The highest BCUT2D eigenvalue weighted by molar-refractivity contribution is 7.99. The van der Waals surface area contributed by atoms with Gasteiger partial charge in [0, 0.05) is 24.3 Å². The fourth-order valence-corrected chi connectivity index (χ4v) is 3.52. The molecule has 0 radical (unpaired) electrons. The number of aromatic nitrogens is 1. The van der Waals surface area contributed by atoms with Gasteiger partial charge >= 0.3 is 11.9 Å². The van der Waals surface area contributed by atoms with Crippen LogP contribution >= 0.6 is 11.8 Å². The zero-order chi connectivity index (χ0) is 23.2. The van der Waals surface area contributed by atoms with Crippen LogP contribution in [0.3, 0.4) is 0 Å². The van der Waals surface area contributed by atoms with Crippen molar-refractivity contribution in [2.45, 2.75) is 23.6 Å². The quantitative estimate of drug-likeness (QED) is 0.303. The molecule has 0 aliphatic rings. The first-order valence-electron chi connectivity index (χ1n) is 9.20. The number of carboxylic acids is 2. The minimum atomic E-state index is -1.26. The van der Waals surface area contributed by atoms with Crippen molar-refractivity contribution >= 4 is 29.5 Å². The molecule has 1 aromatic carbocycles. The van der Waals surface area contributed by atoms with Crippen molar-refractivity contribution in [1.29, 1.82) is 5.26 Å². The van der Waals surface area contributed by atoms with E-state index in [9.17, 15) is 19.6 Å². The molecule has 0 saturated heterocycles. The van der Waals surface area contributed by atoms with E-state index in [4.69, 9.17) is 10.2 Å². The molecular weight excluding hydrogens is 418 g/mol. The predicted octanol–water partition coefficient (Wildman–Crippen LogP) is 3.31. The molecule has 3 N–H and O–H groups in total. The predicted molar refractivity (Wildman–Crippen MR) is 117 cm³/mol. The summed E-state index contributed by atoms with van der Waals surface area (Å²) >= 11 is 1.54. The number of ketones is 1. The molecule has 162 valence electrons. The number of carboxylic acid groups (broad SMARTS) is 2. The number of nitrogens with zero attached hydrogens (tertiary/aromatic N) is 2. The van der Waals surface area contributed by atoms with Crippen LogP contribution in [0.5, 0.6) is 0 Å². The van der Waals surface area contributed by atoms with Crippen LogP contribution in [0.1, 0.15) is 40.2 Å². The molecule has 9 heteroatoms. The lowest BCUT2D eigenvalue weighted by Gasteiger charge is -2.17. The van der Waals surface area contributed by atoms with Gasteiger partial charge in [0.2, 0.25) is 0 Å². The molecular formula is C22H23N3O5S. The Morgan fingerprint density at radius 1 is 1.13 bits per heavy atom. The SMILES string of the molecule is CNCCC(Sc1nc(C(C)=O)ccc1C#N)c1ccccc1.O=C(O)/C=C/C(=O)O. The molecule has 1 aromatic heterocycles. The third-order valence-corrected chi connectivity index (χ3v) is 5.12. The topological polar surface area (TPSA) is 140 Å². The van der Waals surface area contributed by atoms with E-state index in [-0.39, 0.29) is 11.0 Å². The van der Waals surface area contributed by atoms with E-state index in [1.165, 1.54) is 24.2 Å². The van der Waals surface area contributed by atoms with Gasteiger partial charge < -0.3 is 15.5 Å². The molecule has 1 unspecified atom stereocenters. The number of aliphatic carboxylic acids is 2. The normalized spacial score (nSPS) is 11.1. The van der Waals surface area contributed by atoms with Crippen molar-refractivity contribution in [3.8, 4) is 6.07 Å². The van der Waals surface area contributed by atoms with Gasteiger partial charge in [0.1, 0.15) is 16.8 Å². The standard InChI is InChI=1S/C18H19N3OS.C4H4O4/c1-13(22)16-9-8-15(12-19)18(21-16)23-17(10-11-20-2)14-6-4-3-5-7-14;5-3(6)1-2-4(7)8/h3-9,17,20H,10-11H2,1-2H3;1-2H,(H,5,6)(H,7,8)/b;2-1+. The van der Waals surface area contributed by atoms with E-state index in [0.29, 0.717) is 28.4 Å². The van der Waals surface area contributed by atoms with Gasteiger partial charge in [-0.25, -0.2) is 14.6 Å². The average Bonchev–Trinajstić information content (AvgIpc) is 2.76. The second-order valence-electron chi connectivity index (χ2n) is 6.14. The molecule has 0 spiro atoms. The number of nitriles is 1. The van der Waals surface area contributed by atoms with Crippen LogP contribution in [-0.2, 0) is 9.59 Å². The number of thioether (sulfide) groups is 1. The highest BCUT2D eigenvalue weighted by Crippen LogP contribution is 2.38.